The van der Waals surface area contributed by atoms with Crippen LogP contribution in [0.15, 0.2) is 29.8 Å². The smallest absolute Gasteiger partial charge is 0.273 e. The van der Waals surface area contributed by atoms with E-state index in [0.717, 1.165) is 6.42 Å². The van der Waals surface area contributed by atoms with Gasteiger partial charge in [-0.25, -0.2) is 9.97 Å². The summed E-state index contributed by atoms with van der Waals surface area (Å²) >= 11 is 1.40. The van der Waals surface area contributed by atoms with E-state index < -0.39 is 0 Å². The number of carbonyl (C=O) groups is 1. The third-order valence-corrected chi connectivity index (χ3v) is 4.98. The molecule has 1 unspecified atom stereocenters. The van der Waals surface area contributed by atoms with E-state index in [2.05, 4.69) is 29.1 Å². The van der Waals surface area contributed by atoms with Gasteiger partial charge in [-0.2, -0.15) is 0 Å². The number of rotatable bonds is 3. The van der Waals surface area contributed by atoms with Crippen LogP contribution in [-0.2, 0) is 0 Å². The standard InChI is InChI=1S/C16H21N5OS/c1-16(2)10-21(8-6-12(16)17)14(22)11-9-23-15(19-11)20-13-5-3-4-7-18-13/h3-5,7,9,12H,6,8,10,17H2,1-2H3,(H,18,19,20). The highest BCUT2D eigenvalue weighted by molar-refractivity contribution is 7.14. The van der Waals surface area contributed by atoms with Crippen LogP contribution in [0.4, 0.5) is 10.9 Å². The van der Waals surface area contributed by atoms with Crippen molar-refractivity contribution in [2.75, 3.05) is 18.4 Å². The predicted molar refractivity (Wildman–Crippen MR) is 91.9 cm³/mol. The molecule has 3 N–H and O–H groups in total. The van der Waals surface area contributed by atoms with Crippen LogP contribution in [0.5, 0.6) is 0 Å². The Hall–Kier alpha value is -1.99. The lowest BCUT2D eigenvalue weighted by molar-refractivity contribution is 0.0528. The minimum Gasteiger partial charge on any atom is -0.337 e. The first-order chi connectivity index (χ1) is 11.0. The summed E-state index contributed by atoms with van der Waals surface area (Å²) in [6, 6.07) is 5.74. The van der Waals surface area contributed by atoms with Crippen LogP contribution in [0.3, 0.4) is 0 Å². The van der Waals surface area contributed by atoms with Crippen molar-refractivity contribution in [3.8, 4) is 0 Å². The van der Waals surface area contributed by atoms with Gasteiger partial charge < -0.3 is 16.0 Å². The van der Waals surface area contributed by atoms with E-state index in [0.29, 0.717) is 29.7 Å². The van der Waals surface area contributed by atoms with E-state index in [1.54, 1.807) is 11.6 Å². The zero-order valence-corrected chi connectivity index (χ0v) is 14.1. The fourth-order valence-electron chi connectivity index (χ4n) is 2.68. The lowest BCUT2D eigenvalue weighted by atomic mass is 9.79. The average molecular weight is 331 g/mol. The van der Waals surface area contributed by atoms with Gasteiger partial charge in [-0.05, 0) is 24.0 Å². The highest BCUT2D eigenvalue weighted by Crippen LogP contribution is 2.29. The number of likely N-dealkylation sites (tertiary alicyclic amines) is 1. The molecule has 0 aliphatic carbocycles. The molecule has 2 aromatic rings. The molecule has 6 nitrogen and oxygen atoms in total. The highest BCUT2D eigenvalue weighted by Gasteiger charge is 2.36. The Morgan fingerprint density at radius 3 is 3.00 bits per heavy atom. The Morgan fingerprint density at radius 1 is 1.48 bits per heavy atom. The average Bonchev–Trinajstić information content (AvgIpc) is 2.98. The largest absolute Gasteiger partial charge is 0.337 e. The van der Waals surface area contributed by atoms with Crippen LogP contribution >= 0.6 is 11.3 Å². The van der Waals surface area contributed by atoms with Gasteiger partial charge in [0.05, 0.1) is 0 Å². The molecule has 1 saturated heterocycles. The van der Waals surface area contributed by atoms with Crippen molar-refractivity contribution in [2.24, 2.45) is 11.1 Å². The van der Waals surface area contributed by atoms with Crippen LogP contribution in [0.2, 0.25) is 0 Å². The zero-order valence-electron chi connectivity index (χ0n) is 13.3. The summed E-state index contributed by atoms with van der Waals surface area (Å²) in [4.78, 5) is 23.1. The summed E-state index contributed by atoms with van der Waals surface area (Å²) in [5.41, 5.74) is 6.54. The number of hydrogen-bond donors (Lipinski definition) is 2. The molecule has 3 heterocycles. The molecule has 0 spiro atoms. The van der Waals surface area contributed by atoms with Gasteiger partial charge in [-0.3, -0.25) is 4.79 Å². The summed E-state index contributed by atoms with van der Waals surface area (Å²) in [7, 11) is 0. The number of carbonyl (C=O) groups excluding carboxylic acids is 1. The second-order valence-electron chi connectivity index (χ2n) is 6.49. The molecule has 2 aromatic heterocycles. The molecule has 1 fully saturated rings. The molecule has 3 rings (SSSR count). The van der Waals surface area contributed by atoms with Crippen molar-refractivity contribution in [3.05, 3.63) is 35.5 Å². The van der Waals surface area contributed by atoms with Crippen LogP contribution in [-0.4, -0.2) is 39.9 Å². The van der Waals surface area contributed by atoms with Gasteiger partial charge in [0.2, 0.25) is 0 Å². The van der Waals surface area contributed by atoms with E-state index >= 15 is 0 Å². The molecule has 122 valence electrons. The number of piperidine rings is 1. The van der Waals surface area contributed by atoms with Gasteiger partial charge in [0.1, 0.15) is 11.5 Å². The maximum absolute atomic E-state index is 12.6. The van der Waals surface area contributed by atoms with Gasteiger partial charge in [0.15, 0.2) is 5.13 Å². The van der Waals surface area contributed by atoms with E-state index in [-0.39, 0.29) is 17.4 Å². The monoisotopic (exact) mass is 331 g/mol. The molecule has 23 heavy (non-hydrogen) atoms. The van der Waals surface area contributed by atoms with Crippen molar-refractivity contribution < 1.29 is 4.79 Å². The Bertz CT molecular complexity index is 685. The maximum atomic E-state index is 12.6. The summed E-state index contributed by atoms with van der Waals surface area (Å²) in [6.45, 7) is 5.55. The van der Waals surface area contributed by atoms with E-state index in [1.165, 1.54) is 11.3 Å². The number of pyridine rings is 1. The predicted octanol–water partition coefficient (Wildman–Crippen LogP) is 2.48. The summed E-state index contributed by atoms with van der Waals surface area (Å²) in [6.07, 6.45) is 2.53. The van der Waals surface area contributed by atoms with Crippen molar-refractivity contribution in [1.29, 1.82) is 0 Å². The van der Waals surface area contributed by atoms with E-state index in [1.807, 2.05) is 23.1 Å². The first-order valence-corrected chi connectivity index (χ1v) is 8.52. The van der Waals surface area contributed by atoms with E-state index in [9.17, 15) is 4.79 Å². The second-order valence-corrected chi connectivity index (χ2v) is 7.35. The number of thiazole rings is 1. The number of nitrogens with one attached hydrogen (secondary N) is 1. The third kappa shape index (κ3) is 3.51. The molecule has 1 aliphatic heterocycles. The first-order valence-electron chi connectivity index (χ1n) is 7.64. The SMILES string of the molecule is CC1(C)CN(C(=O)c2csc(Nc3ccccn3)n2)CCC1N. The molecule has 0 radical (unpaired) electrons. The summed E-state index contributed by atoms with van der Waals surface area (Å²) < 4.78 is 0. The number of nitrogens with zero attached hydrogens (tertiary/aromatic N) is 3. The number of aromatic nitrogens is 2. The van der Waals surface area contributed by atoms with Crippen LogP contribution < -0.4 is 11.1 Å². The molecule has 1 amide bonds. The van der Waals surface area contributed by atoms with Gasteiger partial charge >= 0.3 is 0 Å². The number of anilines is 2. The Labute approximate surface area is 139 Å². The van der Waals surface area contributed by atoms with Crippen molar-refractivity contribution >= 4 is 28.2 Å². The molecule has 0 bridgehead atoms. The molecule has 0 saturated carbocycles. The molecule has 0 aromatic carbocycles. The van der Waals surface area contributed by atoms with Crippen molar-refractivity contribution in [2.45, 2.75) is 26.3 Å². The molecule has 7 heteroatoms. The molecule has 1 aliphatic rings. The van der Waals surface area contributed by atoms with Gasteiger partial charge in [0.25, 0.3) is 5.91 Å². The molecular weight excluding hydrogens is 310 g/mol. The number of nitrogens with two attached hydrogens (primary N) is 1. The van der Waals surface area contributed by atoms with Crippen LogP contribution in [0, 0.1) is 5.41 Å². The Balaban J connectivity index is 1.69. The fourth-order valence-corrected chi connectivity index (χ4v) is 3.38. The Kier molecular flexibility index (Phi) is 4.32. The molecule has 1 atom stereocenters. The van der Waals surface area contributed by atoms with Crippen LogP contribution in [0.1, 0.15) is 30.8 Å². The van der Waals surface area contributed by atoms with Crippen molar-refractivity contribution in [1.82, 2.24) is 14.9 Å². The topological polar surface area (TPSA) is 84.1 Å². The third-order valence-electron chi connectivity index (χ3n) is 4.22. The lowest BCUT2D eigenvalue weighted by Crippen LogP contribution is -2.54. The summed E-state index contributed by atoms with van der Waals surface area (Å²) in [5, 5.41) is 5.56. The van der Waals surface area contributed by atoms with Crippen molar-refractivity contribution in [3.63, 3.8) is 0 Å². The summed E-state index contributed by atoms with van der Waals surface area (Å²) in [5.74, 6) is 0.682. The Morgan fingerprint density at radius 2 is 2.30 bits per heavy atom. The van der Waals surface area contributed by atoms with Gasteiger partial charge in [0, 0.05) is 30.7 Å². The normalized spacial score (nSPS) is 20.3. The number of hydrogen-bond acceptors (Lipinski definition) is 6. The lowest BCUT2D eigenvalue weighted by Gasteiger charge is -2.42. The van der Waals surface area contributed by atoms with Gasteiger partial charge in [-0.1, -0.05) is 19.9 Å². The highest BCUT2D eigenvalue weighted by atomic mass is 32.1. The second kappa shape index (κ2) is 6.25. The quantitative estimate of drug-likeness (QED) is 0.902. The maximum Gasteiger partial charge on any atom is 0.273 e. The van der Waals surface area contributed by atoms with Crippen LogP contribution in [0.25, 0.3) is 0 Å². The van der Waals surface area contributed by atoms with Gasteiger partial charge in [-0.15, -0.1) is 11.3 Å². The fraction of sp³-hybridized carbons (Fsp3) is 0.438. The minimum atomic E-state index is -0.0705. The molecular formula is C16H21N5OS. The first kappa shape index (κ1) is 15.9. The van der Waals surface area contributed by atoms with E-state index in [4.69, 9.17) is 5.73 Å². The zero-order chi connectivity index (χ0) is 16.4. The number of amides is 1. The minimum absolute atomic E-state index is 0.0321.